The Kier molecular flexibility index (Phi) is 28.1. The summed E-state index contributed by atoms with van der Waals surface area (Å²) >= 11 is 14.0. The Morgan fingerprint density at radius 3 is 0.957 bits per heavy atom. The molecule has 0 saturated carbocycles. The van der Waals surface area contributed by atoms with Crippen molar-refractivity contribution in [3.8, 4) is 0 Å². The highest BCUT2D eigenvalue weighted by atomic mass is 79.9. The number of hydrogen-bond donors (Lipinski definition) is 1. The van der Waals surface area contributed by atoms with Crippen LogP contribution in [0, 0.1) is 0 Å². The third kappa shape index (κ3) is 34.0. The Bertz CT molecular complexity index is 372. The van der Waals surface area contributed by atoms with Gasteiger partial charge in [-0.25, -0.2) is 0 Å². The van der Waals surface area contributed by atoms with Crippen LogP contribution in [0.25, 0.3) is 0 Å². The lowest BCUT2D eigenvalue weighted by Gasteiger charge is -1.90. The smallest absolute Gasteiger partial charge is 0.0405 e. The standard InChI is InChI=1S/2C6H5Cl.C3H9N.C2H7N.CH3Br/c2*7-6-4-2-1-3-5-6;1-4(2)3;1-3-2;1-2/h2*1-5H;1-3H3;3H,1-2H3;1H3. The molecule has 132 valence electrons. The van der Waals surface area contributed by atoms with Crippen LogP contribution in [0.1, 0.15) is 0 Å². The molecule has 0 atom stereocenters. The van der Waals surface area contributed by atoms with E-state index in [-0.39, 0.29) is 0 Å². The van der Waals surface area contributed by atoms with Crippen molar-refractivity contribution in [3.05, 3.63) is 70.7 Å². The second kappa shape index (κ2) is 23.7. The van der Waals surface area contributed by atoms with Crippen molar-refractivity contribution in [2.45, 2.75) is 0 Å². The Morgan fingerprint density at radius 1 is 0.696 bits per heavy atom. The molecule has 0 saturated heterocycles. The van der Waals surface area contributed by atoms with Crippen LogP contribution in [0.15, 0.2) is 60.7 Å². The predicted octanol–water partition coefficient (Wildman–Crippen LogP) is 5.70. The van der Waals surface area contributed by atoms with Gasteiger partial charge in [0.15, 0.2) is 0 Å². The molecule has 0 heterocycles. The highest BCUT2D eigenvalue weighted by molar-refractivity contribution is 9.08. The maximum atomic E-state index is 5.54. The zero-order valence-electron chi connectivity index (χ0n) is 14.9. The van der Waals surface area contributed by atoms with Gasteiger partial charge >= 0.3 is 0 Å². The van der Waals surface area contributed by atoms with Gasteiger partial charge in [-0.05, 0) is 65.3 Å². The minimum atomic E-state index is 0.794. The average Bonchev–Trinajstić information content (AvgIpc) is 2.52. The first-order valence-corrected chi connectivity index (χ1v) is 9.26. The van der Waals surface area contributed by atoms with Crippen LogP contribution in [-0.4, -0.2) is 46.0 Å². The lowest BCUT2D eigenvalue weighted by molar-refractivity contribution is 0.505. The highest BCUT2D eigenvalue weighted by Crippen LogP contribution is 2.04. The Hall–Kier alpha value is -0.580. The molecule has 23 heavy (non-hydrogen) atoms. The lowest BCUT2D eigenvalue weighted by Crippen LogP contribution is -1.99. The molecule has 1 N–H and O–H groups in total. The van der Waals surface area contributed by atoms with Gasteiger partial charge in [-0.15, -0.1) is 0 Å². The number of alkyl halides is 1. The van der Waals surface area contributed by atoms with Crippen LogP contribution in [0.5, 0.6) is 0 Å². The van der Waals surface area contributed by atoms with Gasteiger partial charge in [-0.3, -0.25) is 0 Å². The van der Waals surface area contributed by atoms with E-state index in [1.165, 1.54) is 0 Å². The van der Waals surface area contributed by atoms with E-state index in [0.717, 1.165) is 10.0 Å². The van der Waals surface area contributed by atoms with Gasteiger partial charge in [0.05, 0.1) is 0 Å². The zero-order chi connectivity index (χ0) is 18.5. The number of hydrogen-bond acceptors (Lipinski definition) is 2. The maximum Gasteiger partial charge on any atom is 0.0405 e. The van der Waals surface area contributed by atoms with Gasteiger partial charge < -0.3 is 10.2 Å². The van der Waals surface area contributed by atoms with E-state index in [4.69, 9.17) is 23.2 Å². The molecule has 2 aromatic rings. The highest BCUT2D eigenvalue weighted by Gasteiger charge is 1.75. The molecule has 0 bridgehead atoms. The molecular formula is C18H29BrCl2N2. The fourth-order valence-electron chi connectivity index (χ4n) is 0.829. The number of nitrogens with one attached hydrogen (secondary N) is 1. The van der Waals surface area contributed by atoms with E-state index >= 15 is 0 Å². The van der Waals surface area contributed by atoms with Crippen LogP contribution >= 0.6 is 39.1 Å². The summed E-state index contributed by atoms with van der Waals surface area (Å²) in [7, 11) is 9.75. The number of halogens is 3. The summed E-state index contributed by atoms with van der Waals surface area (Å²) in [6.45, 7) is 0. The quantitative estimate of drug-likeness (QED) is 0.546. The minimum Gasteiger partial charge on any atom is -0.323 e. The van der Waals surface area contributed by atoms with Crippen molar-refractivity contribution in [1.82, 2.24) is 10.2 Å². The van der Waals surface area contributed by atoms with Crippen molar-refractivity contribution in [2.24, 2.45) is 0 Å². The SMILES string of the molecule is CBr.CN(C)C.CNC.Clc1ccccc1.Clc1ccccc1. The first kappa shape index (κ1) is 27.3. The van der Waals surface area contributed by atoms with Crippen molar-refractivity contribution < 1.29 is 0 Å². The Balaban J connectivity index is -0.000000236. The molecule has 0 fully saturated rings. The second-order valence-electron chi connectivity index (χ2n) is 4.43. The van der Waals surface area contributed by atoms with Gasteiger partial charge in [-0.2, -0.15) is 0 Å². The summed E-state index contributed by atoms with van der Waals surface area (Å²) < 4.78 is 0. The topological polar surface area (TPSA) is 15.3 Å². The largest absolute Gasteiger partial charge is 0.323 e. The first-order chi connectivity index (χ1) is 10.9. The molecule has 2 aromatic carbocycles. The van der Waals surface area contributed by atoms with Gasteiger partial charge in [-0.1, -0.05) is 75.5 Å². The summed E-state index contributed by atoms with van der Waals surface area (Å²) in [4.78, 5) is 2.00. The molecule has 0 radical (unpaired) electrons. The van der Waals surface area contributed by atoms with Gasteiger partial charge in [0, 0.05) is 10.0 Å². The molecule has 0 spiro atoms. The van der Waals surface area contributed by atoms with E-state index in [1.807, 2.05) is 107 Å². The molecule has 2 rings (SSSR count). The Labute approximate surface area is 160 Å². The molecule has 2 nitrogen and oxygen atoms in total. The van der Waals surface area contributed by atoms with Crippen LogP contribution in [0.4, 0.5) is 0 Å². The third-order valence-corrected chi connectivity index (χ3v) is 1.97. The summed E-state index contributed by atoms with van der Waals surface area (Å²) in [6.07, 6.45) is 0. The second-order valence-corrected chi connectivity index (χ2v) is 5.31. The van der Waals surface area contributed by atoms with Crippen molar-refractivity contribution >= 4 is 39.1 Å². The third-order valence-electron chi connectivity index (χ3n) is 1.47. The van der Waals surface area contributed by atoms with Gasteiger partial charge in [0.2, 0.25) is 0 Å². The van der Waals surface area contributed by atoms with E-state index in [1.54, 1.807) is 0 Å². The molecule has 0 aromatic heterocycles. The van der Waals surface area contributed by atoms with Crippen LogP contribution < -0.4 is 5.32 Å². The minimum absolute atomic E-state index is 0.794. The molecule has 0 aliphatic rings. The van der Waals surface area contributed by atoms with Crippen molar-refractivity contribution in [2.75, 3.05) is 41.1 Å². The van der Waals surface area contributed by atoms with E-state index in [9.17, 15) is 0 Å². The fraction of sp³-hybridized carbons (Fsp3) is 0.333. The normalized spacial score (nSPS) is 7.91. The molecule has 0 aliphatic heterocycles. The Morgan fingerprint density at radius 2 is 0.870 bits per heavy atom. The van der Waals surface area contributed by atoms with E-state index < -0.39 is 0 Å². The fourth-order valence-corrected chi connectivity index (χ4v) is 1.12. The lowest BCUT2D eigenvalue weighted by atomic mass is 10.4. The van der Waals surface area contributed by atoms with Crippen LogP contribution in [0.2, 0.25) is 10.0 Å². The molecule has 0 unspecified atom stereocenters. The molecule has 0 aliphatic carbocycles. The molecular weight excluding hydrogens is 395 g/mol. The molecule has 5 heteroatoms. The summed E-state index contributed by atoms with van der Waals surface area (Å²) in [5, 5.41) is 4.34. The monoisotopic (exact) mass is 422 g/mol. The zero-order valence-corrected chi connectivity index (χ0v) is 18.0. The summed E-state index contributed by atoms with van der Waals surface area (Å²) in [5.74, 6) is 1.81. The maximum absolute atomic E-state index is 5.54. The number of benzene rings is 2. The summed E-state index contributed by atoms with van der Waals surface area (Å²) in [6, 6.07) is 18.9. The average molecular weight is 424 g/mol. The van der Waals surface area contributed by atoms with Crippen LogP contribution in [-0.2, 0) is 0 Å². The van der Waals surface area contributed by atoms with Gasteiger partial charge in [0.1, 0.15) is 0 Å². The molecule has 0 amide bonds. The van der Waals surface area contributed by atoms with Crippen LogP contribution in [0.3, 0.4) is 0 Å². The van der Waals surface area contributed by atoms with Crippen molar-refractivity contribution in [1.29, 1.82) is 0 Å². The number of nitrogens with zero attached hydrogens (tertiary/aromatic N) is 1. The number of rotatable bonds is 0. The predicted molar refractivity (Wildman–Crippen MR) is 112 cm³/mol. The summed E-state index contributed by atoms with van der Waals surface area (Å²) in [5.41, 5.74) is 0. The van der Waals surface area contributed by atoms with Crippen molar-refractivity contribution in [3.63, 3.8) is 0 Å². The first-order valence-electron chi connectivity index (χ1n) is 6.92. The van der Waals surface area contributed by atoms with Gasteiger partial charge in [0.25, 0.3) is 0 Å². The van der Waals surface area contributed by atoms with E-state index in [0.29, 0.717) is 0 Å². The van der Waals surface area contributed by atoms with E-state index in [2.05, 4.69) is 21.2 Å².